The maximum absolute atomic E-state index is 5.66. The molecule has 1 aromatic heterocycles. The molecule has 0 aliphatic carbocycles. The number of imidazole rings is 1. The molecule has 0 saturated carbocycles. The van der Waals surface area contributed by atoms with Crippen LogP contribution in [0, 0.1) is 0 Å². The van der Waals surface area contributed by atoms with Crippen molar-refractivity contribution < 1.29 is 9.47 Å². The van der Waals surface area contributed by atoms with Gasteiger partial charge < -0.3 is 19.8 Å². The predicted octanol–water partition coefficient (Wildman–Crippen LogP) is 2.48. The Bertz CT molecular complexity index is 593. The van der Waals surface area contributed by atoms with Gasteiger partial charge in [0.25, 0.3) is 0 Å². The lowest BCUT2D eigenvalue weighted by Crippen LogP contribution is -2.09. The van der Waals surface area contributed by atoms with Gasteiger partial charge in [-0.2, -0.15) is 0 Å². The quantitative estimate of drug-likeness (QED) is 0.850. The highest BCUT2D eigenvalue weighted by atomic mass is 16.5. The summed E-state index contributed by atoms with van der Waals surface area (Å²) in [5.41, 5.74) is 7.83. The highest BCUT2D eigenvalue weighted by Crippen LogP contribution is 2.32. The van der Waals surface area contributed by atoms with Gasteiger partial charge in [0.15, 0.2) is 11.5 Å². The summed E-state index contributed by atoms with van der Waals surface area (Å²) in [6, 6.07) is 5.89. The van der Waals surface area contributed by atoms with Crippen LogP contribution in [0.2, 0.25) is 0 Å². The first-order valence-corrected chi connectivity index (χ1v) is 7.30. The van der Waals surface area contributed by atoms with Crippen LogP contribution in [0.5, 0.6) is 11.5 Å². The summed E-state index contributed by atoms with van der Waals surface area (Å²) in [5.74, 6) is 2.41. The number of aromatic nitrogens is 2. The molecule has 0 atom stereocenters. The molecule has 0 unspecified atom stereocenters. The average molecular weight is 289 g/mol. The largest absolute Gasteiger partial charge is 0.493 e. The minimum Gasteiger partial charge on any atom is -0.493 e. The van der Waals surface area contributed by atoms with Crippen LogP contribution in [-0.2, 0) is 13.0 Å². The topological polar surface area (TPSA) is 62.3 Å². The smallest absolute Gasteiger partial charge is 0.161 e. The van der Waals surface area contributed by atoms with Gasteiger partial charge in [0, 0.05) is 30.4 Å². The van der Waals surface area contributed by atoms with Gasteiger partial charge >= 0.3 is 0 Å². The normalized spacial score (nSPS) is 10.7. The highest BCUT2D eigenvalue weighted by molar-refractivity contribution is 5.62. The van der Waals surface area contributed by atoms with E-state index in [4.69, 9.17) is 15.2 Å². The van der Waals surface area contributed by atoms with E-state index in [1.54, 1.807) is 7.11 Å². The maximum Gasteiger partial charge on any atom is 0.161 e. The van der Waals surface area contributed by atoms with Crippen LogP contribution >= 0.6 is 0 Å². The first kappa shape index (κ1) is 15.4. The molecule has 2 N–H and O–H groups in total. The summed E-state index contributed by atoms with van der Waals surface area (Å²) >= 11 is 0. The van der Waals surface area contributed by atoms with E-state index in [9.17, 15) is 0 Å². The first-order valence-electron chi connectivity index (χ1n) is 7.30. The van der Waals surface area contributed by atoms with Gasteiger partial charge in [-0.1, -0.05) is 0 Å². The molecule has 0 radical (unpaired) electrons. The number of hydrogen-bond acceptors (Lipinski definition) is 4. The van der Waals surface area contributed by atoms with Crippen LogP contribution in [0.1, 0.15) is 19.5 Å². The van der Waals surface area contributed by atoms with Gasteiger partial charge in [-0.15, -0.1) is 0 Å². The van der Waals surface area contributed by atoms with Crippen molar-refractivity contribution in [3.05, 3.63) is 30.1 Å². The third kappa shape index (κ3) is 3.19. The average Bonchev–Trinajstić information content (AvgIpc) is 2.90. The molecule has 1 heterocycles. The summed E-state index contributed by atoms with van der Waals surface area (Å²) in [4.78, 5) is 4.54. The number of benzene rings is 1. The molecule has 0 aliphatic rings. The Morgan fingerprint density at radius 3 is 2.67 bits per heavy atom. The Morgan fingerprint density at radius 1 is 1.24 bits per heavy atom. The second-order valence-corrected chi connectivity index (χ2v) is 4.65. The van der Waals surface area contributed by atoms with Crippen LogP contribution in [0.25, 0.3) is 11.4 Å². The molecular weight excluding hydrogens is 266 g/mol. The molecule has 0 bridgehead atoms. The van der Waals surface area contributed by atoms with Crippen LogP contribution < -0.4 is 15.2 Å². The SMILES string of the molecule is CCOc1cc(-c2ncc(CCN)n2CC)ccc1OC. The van der Waals surface area contributed by atoms with Crippen molar-refractivity contribution in [2.45, 2.75) is 26.8 Å². The minimum absolute atomic E-state index is 0.598. The van der Waals surface area contributed by atoms with Crippen LogP contribution in [0.3, 0.4) is 0 Å². The molecule has 1 aromatic carbocycles. The van der Waals surface area contributed by atoms with E-state index in [-0.39, 0.29) is 0 Å². The van der Waals surface area contributed by atoms with Crippen molar-refractivity contribution in [3.8, 4) is 22.9 Å². The van der Waals surface area contributed by atoms with E-state index >= 15 is 0 Å². The van der Waals surface area contributed by atoms with E-state index in [0.717, 1.165) is 41.5 Å². The fourth-order valence-electron chi connectivity index (χ4n) is 2.43. The molecule has 0 aliphatic heterocycles. The summed E-state index contributed by atoms with van der Waals surface area (Å²) in [6.07, 6.45) is 2.73. The number of methoxy groups -OCH3 is 1. The molecule has 0 amide bonds. The summed E-state index contributed by atoms with van der Waals surface area (Å²) in [6.45, 7) is 6.15. The second-order valence-electron chi connectivity index (χ2n) is 4.65. The van der Waals surface area contributed by atoms with E-state index in [0.29, 0.717) is 13.2 Å². The zero-order chi connectivity index (χ0) is 15.2. The minimum atomic E-state index is 0.598. The van der Waals surface area contributed by atoms with Crippen LogP contribution in [-0.4, -0.2) is 29.8 Å². The van der Waals surface area contributed by atoms with Gasteiger partial charge in [0.2, 0.25) is 0 Å². The third-order valence-corrected chi connectivity index (χ3v) is 3.38. The highest BCUT2D eigenvalue weighted by Gasteiger charge is 2.13. The van der Waals surface area contributed by atoms with Crippen molar-refractivity contribution in [1.29, 1.82) is 0 Å². The molecular formula is C16H23N3O2. The fourth-order valence-corrected chi connectivity index (χ4v) is 2.43. The maximum atomic E-state index is 5.66. The Morgan fingerprint density at radius 2 is 2.05 bits per heavy atom. The Hall–Kier alpha value is -2.01. The zero-order valence-electron chi connectivity index (χ0n) is 12.9. The molecule has 21 heavy (non-hydrogen) atoms. The summed E-state index contributed by atoms with van der Waals surface area (Å²) < 4.78 is 13.1. The van der Waals surface area contributed by atoms with E-state index in [1.807, 2.05) is 31.3 Å². The Labute approximate surface area is 125 Å². The number of hydrogen-bond donors (Lipinski definition) is 1. The summed E-state index contributed by atoms with van der Waals surface area (Å²) in [7, 11) is 1.64. The van der Waals surface area contributed by atoms with Crippen molar-refractivity contribution in [2.24, 2.45) is 5.73 Å². The molecule has 5 nitrogen and oxygen atoms in total. The lowest BCUT2D eigenvalue weighted by atomic mass is 10.2. The summed E-state index contributed by atoms with van der Waals surface area (Å²) in [5, 5.41) is 0. The molecule has 2 rings (SSSR count). The molecule has 0 fully saturated rings. The van der Waals surface area contributed by atoms with E-state index in [2.05, 4.69) is 16.5 Å². The standard InChI is InChI=1S/C16H23N3O2/c1-4-19-13(8-9-17)11-18-16(19)12-6-7-14(20-3)15(10-12)21-5-2/h6-7,10-11H,4-5,8-9,17H2,1-3H3. The Kier molecular flexibility index (Phi) is 5.22. The lowest BCUT2D eigenvalue weighted by molar-refractivity contribution is 0.311. The fraction of sp³-hybridized carbons (Fsp3) is 0.438. The monoisotopic (exact) mass is 289 g/mol. The van der Waals surface area contributed by atoms with Gasteiger partial charge in [-0.05, 0) is 38.6 Å². The molecule has 114 valence electrons. The third-order valence-electron chi connectivity index (χ3n) is 3.38. The number of ether oxygens (including phenoxy) is 2. The van der Waals surface area contributed by atoms with Crippen molar-refractivity contribution in [1.82, 2.24) is 9.55 Å². The molecule has 5 heteroatoms. The number of nitrogens with two attached hydrogens (primary N) is 1. The Balaban J connectivity index is 2.44. The van der Waals surface area contributed by atoms with Gasteiger partial charge in [0.05, 0.1) is 13.7 Å². The number of nitrogens with zero attached hydrogens (tertiary/aromatic N) is 2. The van der Waals surface area contributed by atoms with E-state index < -0.39 is 0 Å². The number of rotatable bonds is 7. The zero-order valence-corrected chi connectivity index (χ0v) is 12.9. The van der Waals surface area contributed by atoms with Crippen molar-refractivity contribution in [2.75, 3.05) is 20.3 Å². The molecule has 0 saturated heterocycles. The molecule has 2 aromatic rings. The lowest BCUT2D eigenvalue weighted by Gasteiger charge is -2.13. The predicted molar refractivity (Wildman–Crippen MR) is 83.8 cm³/mol. The van der Waals surface area contributed by atoms with E-state index in [1.165, 1.54) is 0 Å². The molecule has 0 spiro atoms. The van der Waals surface area contributed by atoms with Crippen molar-refractivity contribution >= 4 is 0 Å². The van der Waals surface area contributed by atoms with Crippen molar-refractivity contribution in [3.63, 3.8) is 0 Å². The van der Waals surface area contributed by atoms with Crippen LogP contribution in [0.4, 0.5) is 0 Å². The first-order chi connectivity index (χ1) is 10.2. The van der Waals surface area contributed by atoms with Gasteiger partial charge in [0.1, 0.15) is 5.82 Å². The van der Waals surface area contributed by atoms with Gasteiger partial charge in [-0.3, -0.25) is 0 Å². The van der Waals surface area contributed by atoms with Crippen LogP contribution in [0.15, 0.2) is 24.4 Å². The second kappa shape index (κ2) is 7.13. The van der Waals surface area contributed by atoms with Gasteiger partial charge in [-0.25, -0.2) is 4.98 Å².